The Morgan fingerprint density at radius 2 is 1.70 bits per heavy atom. The first kappa shape index (κ1) is 15.8. The maximum atomic E-state index is 11.6. The normalized spacial score (nSPS) is 26.0. The van der Waals surface area contributed by atoms with Crippen molar-refractivity contribution in [2.75, 3.05) is 6.54 Å². The Morgan fingerprint density at radius 1 is 1.15 bits per heavy atom. The number of carboxylic acid groups (broad SMARTS) is 1. The van der Waals surface area contributed by atoms with E-state index in [9.17, 15) is 9.90 Å². The summed E-state index contributed by atoms with van der Waals surface area (Å²) in [6, 6.07) is 0.551. The van der Waals surface area contributed by atoms with Crippen LogP contribution in [-0.2, 0) is 4.79 Å². The van der Waals surface area contributed by atoms with Gasteiger partial charge in [-0.25, -0.2) is 0 Å². The third kappa shape index (κ3) is 2.88. The number of carboxylic acids is 1. The first-order valence-electron chi connectivity index (χ1n) is 8.55. The number of aliphatic carboxylic acids is 1. The van der Waals surface area contributed by atoms with Crippen LogP contribution in [0.15, 0.2) is 0 Å². The van der Waals surface area contributed by atoms with Gasteiger partial charge in [0.15, 0.2) is 0 Å². The van der Waals surface area contributed by atoms with E-state index in [1.54, 1.807) is 0 Å². The van der Waals surface area contributed by atoms with Crippen LogP contribution in [0.5, 0.6) is 0 Å². The Hall–Kier alpha value is -0.570. The van der Waals surface area contributed by atoms with Crippen LogP contribution in [0, 0.1) is 10.8 Å². The van der Waals surface area contributed by atoms with E-state index >= 15 is 0 Å². The van der Waals surface area contributed by atoms with E-state index in [-0.39, 0.29) is 0 Å². The molecule has 2 N–H and O–H groups in total. The fraction of sp³-hybridized carbons (Fsp3) is 0.941. The third-order valence-corrected chi connectivity index (χ3v) is 6.25. The molecular weight excluding hydrogens is 250 g/mol. The summed E-state index contributed by atoms with van der Waals surface area (Å²) in [6.07, 6.45) is 12.1. The average molecular weight is 281 g/mol. The smallest absolute Gasteiger partial charge is 0.310 e. The van der Waals surface area contributed by atoms with Crippen molar-refractivity contribution in [1.82, 2.24) is 5.32 Å². The number of carbonyl (C=O) groups is 1. The van der Waals surface area contributed by atoms with Crippen LogP contribution < -0.4 is 5.32 Å². The second-order valence-electron chi connectivity index (χ2n) is 7.04. The molecule has 2 rings (SSSR count). The maximum Gasteiger partial charge on any atom is 0.310 e. The molecule has 0 aliphatic heterocycles. The van der Waals surface area contributed by atoms with E-state index in [4.69, 9.17) is 0 Å². The molecule has 0 amide bonds. The molecule has 0 aromatic carbocycles. The van der Waals surface area contributed by atoms with Crippen molar-refractivity contribution in [3.05, 3.63) is 0 Å². The zero-order valence-electron chi connectivity index (χ0n) is 13.2. The lowest BCUT2D eigenvalue weighted by molar-refractivity contribution is -0.149. The minimum Gasteiger partial charge on any atom is -0.481 e. The van der Waals surface area contributed by atoms with Gasteiger partial charge in [0.2, 0.25) is 0 Å². The molecule has 0 aromatic rings. The molecule has 3 nitrogen and oxygen atoms in total. The quantitative estimate of drug-likeness (QED) is 0.774. The Kier molecular flexibility index (Phi) is 5.11. The van der Waals surface area contributed by atoms with Gasteiger partial charge in [-0.2, -0.15) is 0 Å². The van der Waals surface area contributed by atoms with Crippen LogP contribution in [0.3, 0.4) is 0 Å². The Labute approximate surface area is 123 Å². The van der Waals surface area contributed by atoms with Crippen molar-refractivity contribution < 1.29 is 9.90 Å². The first-order valence-corrected chi connectivity index (χ1v) is 8.55. The number of rotatable bonds is 6. The van der Waals surface area contributed by atoms with Crippen LogP contribution in [0.4, 0.5) is 0 Å². The predicted octanol–water partition coefficient (Wildman–Crippen LogP) is 3.97. The van der Waals surface area contributed by atoms with Crippen LogP contribution in [0.2, 0.25) is 0 Å². The van der Waals surface area contributed by atoms with Crippen molar-refractivity contribution in [2.24, 2.45) is 10.8 Å². The van der Waals surface area contributed by atoms with Gasteiger partial charge in [0.1, 0.15) is 0 Å². The molecule has 0 radical (unpaired) electrons. The molecule has 2 saturated carbocycles. The summed E-state index contributed by atoms with van der Waals surface area (Å²) in [4.78, 5) is 11.6. The highest BCUT2D eigenvalue weighted by molar-refractivity contribution is 5.74. The lowest BCUT2D eigenvalue weighted by Gasteiger charge is -2.43. The fourth-order valence-electron chi connectivity index (χ4n) is 4.50. The van der Waals surface area contributed by atoms with Gasteiger partial charge < -0.3 is 10.4 Å². The molecule has 3 heteroatoms. The van der Waals surface area contributed by atoms with Crippen molar-refractivity contribution in [1.29, 1.82) is 0 Å². The third-order valence-electron chi connectivity index (χ3n) is 6.25. The summed E-state index contributed by atoms with van der Waals surface area (Å²) in [6.45, 7) is 4.65. The highest BCUT2D eigenvalue weighted by Gasteiger charge is 2.44. The summed E-state index contributed by atoms with van der Waals surface area (Å²) < 4.78 is 0. The number of nitrogens with one attached hydrogen (secondary N) is 1. The van der Waals surface area contributed by atoms with Gasteiger partial charge in [-0.3, -0.25) is 4.79 Å². The van der Waals surface area contributed by atoms with Crippen molar-refractivity contribution in [3.8, 4) is 0 Å². The second-order valence-corrected chi connectivity index (χ2v) is 7.04. The summed E-state index contributed by atoms with van der Waals surface area (Å²) in [5, 5.41) is 13.3. The molecule has 0 heterocycles. The van der Waals surface area contributed by atoms with E-state index in [0.29, 0.717) is 30.8 Å². The van der Waals surface area contributed by atoms with E-state index in [0.717, 1.165) is 0 Å². The van der Waals surface area contributed by atoms with Gasteiger partial charge in [-0.05, 0) is 43.9 Å². The monoisotopic (exact) mass is 281 g/mol. The Bertz CT molecular complexity index is 330. The highest BCUT2D eigenvalue weighted by Crippen LogP contribution is 2.49. The second kappa shape index (κ2) is 6.46. The van der Waals surface area contributed by atoms with Crippen LogP contribution in [0.1, 0.15) is 78.1 Å². The largest absolute Gasteiger partial charge is 0.481 e. The number of hydrogen-bond donors (Lipinski definition) is 2. The minimum atomic E-state index is -0.633. The molecule has 2 fully saturated rings. The van der Waals surface area contributed by atoms with Crippen molar-refractivity contribution >= 4 is 5.97 Å². The standard InChI is InChI=1S/C17H31NO2/c1-3-16(4-2,15(19)20)13-18-14-9-5-6-10-17(14)11-7-8-12-17/h14,18H,3-13H2,1-2H3,(H,19,20). The topological polar surface area (TPSA) is 49.3 Å². The fourth-order valence-corrected chi connectivity index (χ4v) is 4.50. The molecule has 116 valence electrons. The molecule has 20 heavy (non-hydrogen) atoms. The van der Waals surface area contributed by atoms with Crippen LogP contribution in [-0.4, -0.2) is 23.7 Å². The molecule has 0 aromatic heterocycles. The van der Waals surface area contributed by atoms with E-state index in [2.05, 4.69) is 5.32 Å². The molecule has 2 aliphatic carbocycles. The van der Waals surface area contributed by atoms with E-state index in [1.807, 2.05) is 13.8 Å². The predicted molar refractivity (Wildman–Crippen MR) is 81.8 cm³/mol. The molecule has 1 atom stereocenters. The van der Waals surface area contributed by atoms with Gasteiger partial charge in [-0.15, -0.1) is 0 Å². The zero-order chi connectivity index (χ0) is 14.6. The summed E-state index contributed by atoms with van der Waals surface area (Å²) in [5.41, 5.74) is -0.0821. The lowest BCUT2D eigenvalue weighted by Crippen LogP contribution is -2.51. The van der Waals surface area contributed by atoms with Crippen LogP contribution >= 0.6 is 0 Å². The van der Waals surface area contributed by atoms with Crippen molar-refractivity contribution in [3.63, 3.8) is 0 Å². The van der Waals surface area contributed by atoms with Gasteiger partial charge in [0, 0.05) is 12.6 Å². The summed E-state index contributed by atoms with van der Waals surface area (Å²) in [7, 11) is 0. The average Bonchev–Trinajstić information content (AvgIpc) is 2.91. The Balaban J connectivity index is 2.02. The maximum absolute atomic E-state index is 11.6. The molecule has 1 spiro atoms. The Morgan fingerprint density at radius 3 is 2.20 bits per heavy atom. The van der Waals surface area contributed by atoms with Gasteiger partial charge in [-0.1, -0.05) is 39.5 Å². The van der Waals surface area contributed by atoms with Gasteiger partial charge in [0.25, 0.3) is 0 Å². The molecular formula is C17H31NO2. The SMILES string of the molecule is CCC(CC)(CNC1CCCCC12CCCC2)C(=O)O. The molecule has 0 saturated heterocycles. The van der Waals surface area contributed by atoms with Crippen molar-refractivity contribution in [2.45, 2.75) is 84.1 Å². The number of hydrogen-bond acceptors (Lipinski definition) is 2. The summed E-state index contributed by atoms with van der Waals surface area (Å²) in [5.74, 6) is -0.633. The summed E-state index contributed by atoms with van der Waals surface area (Å²) >= 11 is 0. The first-order chi connectivity index (χ1) is 9.58. The van der Waals surface area contributed by atoms with E-state index in [1.165, 1.54) is 51.4 Å². The zero-order valence-corrected chi connectivity index (χ0v) is 13.2. The van der Waals surface area contributed by atoms with Gasteiger partial charge >= 0.3 is 5.97 Å². The highest BCUT2D eigenvalue weighted by atomic mass is 16.4. The molecule has 0 bridgehead atoms. The molecule has 1 unspecified atom stereocenters. The van der Waals surface area contributed by atoms with E-state index < -0.39 is 11.4 Å². The van der Waals surface area contributed by atoms with Crippen LogP contribution in [0.25, 0.3) is 0 Å². The van der Waals surface area contributed by atoms with Gasteiger partial charge in [0.05, 0.1) is 5.41 Å². The molecule has 2 aliphatic rings. The minimum absolute atomic E-state index is 0.490. The lowest BCUT2D eigenvalue weighted by atomic mass is 9.68.